The van der Waals surface area contributed by atoms with Crippen LogP contribution in [0.4, 0.5) is 20.6 Å². The molecular weight excluding hydrogens is 481 g/mol. The lowest BCUT2D eigenvalue weighted by Crippen LogP contribution is -3.11. The van der Waals surface area contributed by atoms with Gasteiger partial charge in [0.05, 0.1) is 37.6 Å². The van der Waals surface area contributed by atoms with Crippen LogP contribution in [0.15, 0.2) is 42.5 Å². The van der Waals surface area contributed by atoms with Crippen molar-refractivity contribution in [2.45, 2.75) is 18.9 Å². The van der Waals surface area contributed by atoms with Gasteiger partial charge in [0, 0.05) is 30.1 Å². The number of cyclic esters (lactones) is 1. The first-order valence-electron chi connectivity index (χ1n) is 11.3. The summed E-state index contributed by atoms with van der Waals surface area (Å²) in [4.78, 5) is 40.2. The van der Waals surface area contributed by atoms with Crippen LogP contribution in [-0.4, -0.2) is 63.3 Å². The fourth-order valence-corrected chi connectivity index (χ4v) is 4.24. The SMILES string of the molecule is O=C(CCC(=O)[NH+]([O-])CC1CN(c2cccc(F)c2N2CCOCC2)C(=O)O1)c1ccc(Cl)cc1. The molecule has 2 amide bonds. The number of rotatable bonds is 8. The Morgan fingerprint density at radius 2 is 1.83 bits per heavy atom. The standard InChI is InChI=1S/C24H25ClFN3O6/c25-17-6-4-16(5-7-17)21(30)8-9-22(31)29(33)15-18-14-28(24(32)35-18)20-3-1-2-19(26)23(20)27-10-12-34-13-11-27/h1-7,18,29H,8-15H2. The van der Waals surface area contributed by atoms with Crippen LogP contribution in [-0.2, 0) is 14.3 Å². The predicted molar refractivity (Wildman–Crippen MR) is 126 cm³/mol. The van der Waals surface area contributed by atoms with Gasteiger partial charge in [-0.05, 0) is 36.4 Å². The number of hydrogen-bond donors (Lipinski definition) is 1. The third-order valence-corrected chi connectivity index (χ3v) is 6.18. The highest BCUT2D eigenvalue weighted by Crippen LogP contribution is 2.35. The molecule has 2 saturated heterocycles. The van der Waals surface area contributed by atoms with Crippen molar-refractivity contribution < 1.29 is 33.3 Å². The van der Waals surface area contributed by atoms with Crippen molar-refractivity contribution in [3.63, 3.8) is 0 Å². The zero-order valence-electron chi connectivity index (χ0n) is 18.9. The van der Waals surface area contributed by atoms with Crippen molar-refractivity contribution in [1.29, 1.82) is 0 Å². The van der Waals surface area contributed by atoms with E-state index in [0.717, 1.165) is 0 Å². The van der Waals surface area contributed by atoms with Crippen molar-refractivity contribution in [1.82, 2.24) is 0 Å². The van der Waals surface area contributed by atoms with E-state index in [1.807, 2.05) is 0 Å². The molecule has 2 aliphatic rings. The maximum absolute atomic E-state index is 14.7. The minimum absolute atomic E-state index is 0.00233. The van der Waals surface area contributed by atoms with Crippen LogP contribution >= 0.6 is 11.6 Å². The van der Waals surface area contributed by atoms with E-state index in [-0.39, 0.29) is 37.4 Å². The van der Waals surface area contributed by atoms with Gasteiger partial charge < -0.3 is 24.6 Å². The van der Waals surface area contributed by atoms with Crippen molar-refractivity contribution in [3.8, 4) is 0 Å². The molecule has 2 heterocycles. The molecule has 11 heteroatoms. The first-order valence-corrected chi connectivity index (χ1v) is 11.7. The van der Waals surface area contributed by atoms with Crippen molar-refractivity contribution >= 4 is 40.8 Å². The number of ether oxygens (including phenoxy) is 2. The summed E-state index contributed by atoms with van der Waals surface area (Å²) in [6, 6.07) is 10.7. The van der Waals surface area contributed by atoms with E-state index in [9.17, 15) is 24.0 Å². The molecule has 186 valence electrons. The van der Waals surface area contributed by atoms with Crippen molar-refractivity contribution in [2.24, 2.45) is 0 Å². The number of nitrogens with one attached hydrogen (secondary N) is 1. The molecule has 2 aromatic carbocycles. The Balaban J connectivity index is 1.35. The van der Waals surface area contributed by atoms with Gasteiger partial charge in [-0.15, -0.1) is 0 Å². The summed E-state index contributed by atoms with van der Waals surface area (Å²) in [7, 11) is 0. The topological polar surface area (TPSA) is 104 Å². The number of morpholine rings is 1. The summed E-state index contributed by atoms with van der Waals surface area (Å²) in [5.74, 6) is -1.46. The number of benzene rings is 2. The number of carbonyl (C=O) groups is 3. The molecule has 0 radical (unpaired) electrons. The maximum Gasteiger partial charge on any atom is 0.415 e. The lowest BCUT2D eigenvalue weighted by molar-refractivity contribution is -0.769. The summed E-state index contributed by atoms with van der Waals surface area (Å²) < 4.78 is 25.4. The Morgan fingerprint density at radius 3 is 2.54 bits per heavy atom. The van der Waals surface area contributed by atoms with Gasteiger partial charge in [-0.2, -0.15) is 0 Å². The first-order chi connectivity index (χ1) is 16.8. The molecule has 0 aliphatic carbocycles. The minimum Gasteiger partial charge on any atom is -0.627 e. The second-order valence-corrected chi connectivity index (χ2v) is 8.74. The first kappa shape index (κ1) is 25.1. The normalized spacial score (nSPS) is 18.9. The molecule has 0 saturated carbocycles. The van der Waals surface area contributed by atoms with E-state index in [2.05, 4.69) is 0 Å². The zero-order chi connectivity index (χ0) is 24.9. The van der Waals surface area contributed by atoms with Crippen LogP contribution in [0.25, 0.3) is 0 Å². The zero-order valence-corrected chi connectivity index (χ0v) is 19.6. The largest absolute Gasteiger partial charge is 0.627 e. The molecule has 2 aliphatic heterocycles. The number of carbonyl (C=O) groups excluding carboxylic acids is 3. The van der Waals surface area contributed by atoms with E-state index in [1.165, 1.54) is 17.0 Å². The molecule has 0 bridgehead atoms. The third kappa shape index (κ3) is 5.96. The number of ketones is 1. The van der Waals surface area contributed by atoms with Crippen LogP contribution in [0, 0.1) is 11.0 Å². The Bertz CT molecular complexity index is 1090. The fourth-order valence-electron chi connectivity index (χ4n) is 4.11. The Labute approximate surface area is 206 Å². The van der Waals surface area contributed by atoms with Gasteiger partial charge in [0.25, 0.3) is 0 Å². The monoisotopic (exact) mass is 505 g/mol. The lowest BCUT2D eigenvalue weighted by atomic mass is 10.1. The number of hydrogen-bond acceptors (Lipinski definition) is 7. The molecule has 2 aromatic rings. The second-order valence-electron chi connectivity index (χ2n) is 8.30. The van der Waals surface area contributed by atoms with Gasteiger partial charge in [0.2, 0.25) is 0 Å². The molecule has 0 aromatic heterocycles. The van der Waals surface area contributed by atoms with Gasteiger partial charge in [-0.25, -0.2) is 14.0 Å². The number of Topliss-reactive ketones (excluding diaryl/α,β-unsaturated/α-hetero) is 1. The average Bonchev–Trinajstić information content (AvgIpc) is 3.22. The Hall–Kier alpha value is -3.05. The van der Waals surface area contributed by atoms with Crippen molar-refractivity contribution in [3.05, 3.63) is 64.1 Å². The molecule has 4 rings (SSSR count). The Morgan fingerprint density at radius 1 is 1.11 bits per heavy atom. The fraction of sp³-hybridized carbons (Fsp3) is 0.375. The number of amides is 2. The van der Waals surface area contributed by atoms with E-state index in [0.29, 0.717) is 42.6 Å². The molecule has 2 atom stereocenters. The Kier molecular flexibility index (Phi) is 7.97. The minimum atomic E-state index is -0.855. The molecule has 1 N–H and O–H groups in total. The van der Waals surface area contributed by atoms with Crippen LogP contribution in [0.1, 0.15) is 23.2 Å². The smallest absolute Gasteiger partial charge is 0.415 e. The maximum atomic E-state index is 14.7. The van der Waals surface area contributed by atoms with Crippen LogP contribution in [0.2, 0.25) is 5.02 Å². The van der Waals surface area contributed by atoms with Crippen LogP contribution < -0.4 is 14.9 Å². The number of anilines is 2. The van der Waals surface area contributed by atoms with E-state index < -0.39 is 29.0 Å². The number of halogens is 2. The predicted octanol–water partition coefficient (Wildman–Crippen LogP) is 2.21. The third-order valence-electron chi connectivity index (χ3n) is 5.93. The summed E-state index contributed by atoms with van der Waals surface area (Å²) in [6.07, 6.45) is -1.93. The number of quaternary nitrogens is 1. The summed E-state index contributed by atoms with van der Waals surface area (Å²) in [5, 5.41) is 12.2. The number of para-hydroxylation sites is 1. The highest BCUT2D eigenvalue weighted by molar-refractivity contribution is 6.30. The van der Waals surface area contributed by atoms with E-state index in [1.54, 1.807) is 35.2 Å². The number of nitrogens with zero attached hydrogens (tertiary/aromatic N) is 2. The van der Waals surface area contributed by atoms with Gasteiger partial charge in [0.15, 0.2) is 11.9 Å². The summed E-state index contributed by atoms with van der Waals surface area (Å²) in [6.45, 7) is 1.53. The van der Waals surface area contributed by atoms with E-state index >= 15 is 0 Å². The average molecular weight is 506 g/mol. The van der Waals surface area contributed by atoms with Crippen LogP contribution in [0.5, 0.6) is 0 Å². The van der Waals surface area contributed by atoms with Crippen LogP contribution in [0.3, 0.4) is 0 Å². The summed E-state index contributed by atoms with van der Waals surface area (Å²) in [5.41, 5.74) is 1.02. The quantitative estimate of drug-likeness (QED) is 0.433. The summed E-state index contributed by atoms with van der Waals surface area (Å²) >= 11 is 5.81. The van der Waals surface area contributed by atoms with Gasteiger partial charge in [-0.3, -0.25) is 9.69 Å². The number of hydroxylamine groups is 2. The molecule has 9 nitrogen and oxygen atoms in total. The lowest BCUT2D eigenvalue weighted by Gasteiger charge is -2.32. The van der Waals surface area contributed by atoms with Gasteiger partial charge in [-0.1, -0.05) is 17.7 Å². The molecule has 2 fully saturated rings. The highest BCUT2D eigenvalue weighted by atomic mass is 35.5. The molecule has 2 unspecified atom stereocenters. The van der Waals surface area contributed by atoms with E-state index in [4.69, 9.17) is 21.1 Å². The van der Waals surface area contributed by atoms with Crippen molar-refractivity contribution in [2.75, 3.05) is 49.2 Å². The molecule has 35 heavy (non-hydrogen) atoms. The van der Waals surface area contributed by atoms with Gasteiger partial charge in [0.1, 0.15) is 12.4 Å². The highest BCUT2D eigenvalue weighted by Gasteiger charge is 2.37. The second kappa shape index (κ2) is 11.1. The van der Waals surface area contributed by atoms with Gasteiger partial charge >= 0.3 is 12.0 Å². The molecule has 0 spiro atoms. The molecular formula is C24H25ClFN3O6.